The summed E-state index contributed by atoms with van der Waals surface area (Å²) in [5, 5.41) is 7.95. The normalized spacial score (nSPS) is 20.2. The number of hydrogen-bond donors (Lipinski definition) is 1. The lowest BCUT2D eigenvalue weighted by Crippen LogP contribution is -2.46. The van der Waals surface area contributed by atoms with Gasteiger partial charge in [0.15, 0.2) is 0 Å². The first-order chi connectivity index (χ1) is 16.3. The number of halogens is 1. The molecular formula is C25H29FN6O2. The average Bonchev–Trinajstić information content (AvgIpc) is 3.44. The zero-order valence-corrected chi connectivity index (χ0v) is 19.9. The van der Waals surface area contributed by atoms with Crippen LogP contribution in [0.15, 0.2) is 30.7 Å². The summed E-state index contributed by atoms with van der Waals surface area (Å²) in [6, 6.07) is 3.54. The van der Waals surface area contributed by atoms with Crippen LogP contribution in [0.4, 0.5) is 10.2 Å². The van der Waals surface area contributed by atoms with Crippen molar-refractivity contribution in [2.45, 2.75) is 44.6 Å². The summed E-state index contributed by atoms with van der Waals surface area (Å²) >= 11 is 0. The second kappa shape index (κ2) is 8.38. The molecule has 0 saturated carbocycles. The number of nitrogens with zero attached hydrogens (tertiary/aromatic N) is 5. The van der Waals surface area contributed by atoms with E-state index in [2.05, 4.69) is 21.5 Å². The van der Waals surface area contributed by atoms with Crippen molar-refractivity contribution in [1.82, 2.24) is 24.6 Å². The number of pyridine rings is 2. The summed E-state index contributed by atoms with van der Waals surface area (Å²) < 4.78 is 20.9. The Bertz CT molecular complexity index is 1260. The van der Waals surface area contributed by atoms with Crippen molar-refractivity contribution in [2.75, 3.05) is 25.5 Å². The summed E-state index contributed by atoms with van der Waals surface area (Å²) in [6.45, 7) is 5.02. The molecule has 8 nitrogen and oxygen atoms in total. The molecule has 1 spiro atoms. The number of rotatable bonds is 4. The van der Waals surface area contributed by atoms with Gasteiger partial charge in [-0.25, -0.2) is 14.4 Å². The van der Waals surface area contributed by atoms with E-state index < -0.39 is 11.7 Å². The van der Waals surface area contributed by atoms with Crippen molar-refractivity contribution in [3.8, 4) is 17.0 Å². The Morgan fingerprint density at radius 2 is 2.12 bits per heavy atom. The topological polar surface area (TPSA) is 85.2 Å². The molecule has 0 aromatic carbocycles. The third kappa shape index (κ3) is 3.89. The summed E-state index contributed by atoms with van der Waals surface area (Å²) in [5.74, 6) is 0.100. The fourth-order valence-corrected chi connectivity index (χ4v) is 5.18. The van der Waals surface area contributed by atoms with Crippen molar-refractivity contribution >= 4 is 11.7 Å². The maximum Gasteiger partial charge on any atom is 0.230 e. The molecule has 1 saturated heterocycles. The van der Waals surface area contributed by atoms with Gasteiger partial charge in [-0.1, -0.05) is 0 Å². The van der Waals surface area contributed by atoms with Gasteiger partial charge in [0.05, 0.1) is 31.0 Å². The number of ether oxygens (including phenoxy) is 1. The van der Waals surface area contributed by atoms with Gasteiger partial charge in [0.2, 0.25) is 11.8 Å². The summed E-state index contributed by atoms with van der Waals surface area (Å²) in [7, 11) is 3.38. The highest BCUT2D eigenvalue weighted by molar-refractivity contribution is 5.84. The number of aromatic nitrogens is 4. The Morgan fingerprint density at radius 1 is 1.29 bits per heavy atom. The lowest BCUT2D eigenvalue weighted by molar-refractivity contribution is -0.131. The fourth-order valence-electron chi connectivity index (χ4n) is 5.18. The molecule has 2 aliphatic heterocycles. The number of amides is 1. The van der Waals surface area contributed by atoms with Crippen LogP contribution in [0.2, 0.25) is 0 Å². The number of fused-ring (bicyclic) bond motifs is 1. The van der Waals surface area contributed by atoms with E-state index in [1.165, 1.54) is 18.7 Å². The molecular weight excluding hydrogens is 435 g/mol. The summed E-state index contributed by atoms with van der Waals surface area (Å²) in [6.07, 6.45) is 7.61. The van der Waals surface area contributed by atoms with Crippen molar-refractivity contribution in [3.05, 3.63) is 53.4 Å². The highest BCUT2D eigenvalue weighted by atomic mass is 19.1. The number of hydrogen-bond acceptors (Lipinski definition) is 6. The van der Waals surface area contributed by atoms with Crippen LogP contribution < -0.4 is 10.1 Å². The number of carbonyl (C=O) groups excluding carboxylic acids is 1. The van der Waals surface area contributed by atoms with Gasteiger partial charge in [-0.05, 0) is 50.8 Å². The van der Waals surface area contributed by atoms with Crippen LogP contribution in [0.5, 0.6) is 5.88 Å². The van der Waals surface area contributed by atoms with E-state index >= 15 is 0 Å². The summed E-state index contributed by atoms with van der Waals surface area (Å²) in [5.41, 5.74) is 4.55. The number of likely N-dealkylation sites (tertiary alicyclic amines) is 1. The number of nitrogens with one attached hydrogen (secondary N) is 1. The van der Waals surface area contributed by atoms with E-state index in [9.17, 15) is 9.18 Å². The highest BCUT2D eigenvalue weighted by Crippen LogP contribution is 2.39. The van der Waals surface area contributed by atoms with Crippen LogP contribution >= 0.6 is 0 Å². The predicted octanol–water partition coefficient (Wildman–Crippen LogP) is 3.47. The van der Waals surface area contributed by atoms with E-state index in [1.54, 1.807) is 11.6 Å². The number of methoxy groups -OCH3 is 1. The molecule has 2 aliphatic rings. The minimum absolute atomic E-state index is 0.0498. The molecule has 3 aromatic rings. The van der Waals surface area contributed by atoms with E-state index in [0.717, 1.165) is 48.1 Å². The zero-order chi connectivity index (χ0) is 24.0. The first kappa shape index (κ1) is 22.3. The lowest BCUT2D eigenvalue weighted by Gasteiger charge is -2.36. The van der Waals surface area contributed by atoms with E-state index in [4.69, 9.17) is 9.72 Å². The molecule has 0 radical (unpaired) electrons. The predicted molar refractivity (Wildman–Crippen MR) is 126 cm³/mol. The molecule has 5 heterocycles. The minimum Gasteiger partial charge on any atom is -0.481 e. The molecule has 9 heteroatoms. The lowest BCUT2D eigenvalue weighted by atomic mass is 9.86. The Kier molecular flexibility index (Phi) is 5.50. The molecule has 1 amide bonds. The van der Waals surface area contributed by atoms with E-state index in [0.29, 0.717) is 18.7 Å². The van der Waals surface area contributed by atoms with Crippen molar-refractivity contribution in [2.24, 2.45) is 7.05 Å². The molecule has 0 bridgehead atoms. The van der Waals surface area contributed by atoms with Gasteiger partial charge >= 0.3 is 0 Å². The monoisotopic (exact) mass is 464 g/mol. The second-order valence-electron chi connectivity index (χ2n) is 9.42. The SMILES string of the molecule is COc1ncc(F)cc1[C@@H](C)C(=O)N1CCC2(CCc3cc(-c4cnn(C)c4)c(C)nc3N2)C1. The average molecular weight is 465 g/mol. The molecule has 0 aliphatic carbocycles. The maximum absolute atomic E-state index is 13.8. The number of anilines is 1. The van der Waals surface area contributed by atoms with Gasteiger partial charge in [-0.15, -0.1) is 0 Å². The van der Waals surface area contributed by atoms with Crippen LogP contribution in [0.1, 0.15) is 42.5 Å². The van der Waals surface area contributed by atoms with Gasteiger partial charge in [0.1, 0.15) is 11.6 Å². The van der Waals surface area contributed by atoms with Gasteiger partial charge in [-0.3, -0.25) is 9.48 Å². The van der Waals surface area contributed by atoms with Crippen LogP contribution in [0, 0.1) is 12.7 Å². The first-order valence-corrected chi connectivity index (χ1v) is 11.5. The molecule has 1 N–H and O–H groups in total. The summed E-state index contributed by atoms with van der Waals surface area (Å²) in [4.78, 5) is 24.1. The molecule has 2 atom stereocenters. The molecule has 178 valence electrons. The minimum atomic E-state index is -0.549. The first-order valence-electron chi connectivity index (χ1n) is 11.5. The van der Waals surface area contributed by atoms with E-state index in [1.807, 2.05) is 31.3 Å². The van der Waals surface area contributed by atoms with Crippen molar-refractivity contribution in [3.63, 3.8) is 0 Å². The fraction of sp³-hybridized carbons (Fsp3) is 0.440. The smallest absolute Gasteiger partial charge is 0.230 e. The molecule has 5 rings (SSSR count). The zero-order valence-electron chi connectivity index (χ0n) is 19.9. The third-order valence-electron chi connectivity index (χ3n) is 7.11. The Labute approximate surface area is 198 Å². The van der Waals surface area contributed by atoms with Crippen molar-refractivity contribution in [1.29, 1.82) is 0 Å². The maximum atomic E-state index is 13.8. The molecule has 1 unspecified atom stereocenters. The number of aryl methyl sites for hydroxylation is 3. The van der Waals surface area contributed by atoms with Crippen LogP contribution in [0.25, 0.3) is 11.1 Å². The largest absolute Gasteiger partial charge is 0.481 e. The van der Waals surface area contributed by atoms with E-state index in [-0.39, 0.29) is 17.3 Å². The standard InChI is InChI=1S/C25H29FN6O2/c1-15(20-10-19(26)12-27-23(20)34-4)24(33)32-8-7-25(14-32)6-5-17-9-21(16(2)29-22(17)30-25)18-11-28-31(3)13-18/h9-13,15H,5-8,14H2,1-4H3,(H,29,30)/t15-,25?/m1/s1. The molecule has 3 aromatic heterocycles. The van der Waals surface area contributed by atoms with Crippen LogP contribution in [-0.2, 0) is 18.3 Å². The third-order valence-corrected chi connectivity index (χ3v) is 7.11. The molecule has 1 fully saturated rings. The van der Waals surface area contributed by atoms with Gasteiger partial charge in [0.25, 0.3) is 0 Å². The van der Waals surface area contributed by atoms with Gasteiger partial charge < -0.3 is 15.0 Å². The Hall–Kier alpha value is -3.49. The van der Waals surface area contributed by atoms with Crippen LogP contribution in [0.3, 0.4) is 0 Å². The highest BCUT2D eigenvalue weighted by Gasteiger charge is 2.43. The Morgan fingerprint density at radius 3 is 2.85 bits per heavy atom. The quantitative estimate of drug-likeness (QED) is 0.637. The van der Waals surface area contributed by atoms with Crippen LogP contribution in [-0.4, -0.2) is 56.3 Å². The second-order valence-corrected chi connectivity index (χ2v) is 9.42. The Balaban J connectivity index is 1.34. The van der Waals surface area contributed by atoms with Gasteiger partial charge in [-0.2, -0.15) is 5.10 Å². The number of carbonyl (C=O) groups is 1. The van der Waals surface area contributed by atoms with Gasteiger partial charge in [0, 0.05) is 48.7 Å². The molecule has 34 heavy (non-hydrogen) atoms. The van der Waals surface area contributed by atoms with Crippen molar-refractivity contribution < 1.29 is 13.9 Å².